The smallest absolute Gasteiger partial charge is 0.337 e. The van der Waals surface area contributed by atoms with Gasteiger partial charge >= 0.3 is 5.97 Å². The number of carbonyl (C=O) groups excluding carboxylic acids is 2. The van der Waals surface area contributed by atoms with Gasteiger partial charge in [-0.25, -0.2) is 13.2 Å². The van der Waals surface area contributed by atoms with Crippen molar-refractivity contribution in [1.82, 2.24) is 4.31 Å². The Kier molecular flexibility index (Phi) is 6.48. The van der Waals surface area contributed by atoms with E-state index in [2.05, 4.69) is 4.74 Å². The van der Waals surface area contributed by atoms with Crippen LogP contribution in [0.1, 0.15) is 22.3 Å². The van der Waals surface area contributed by atoms with E-state index in [1.807, 2.05) is 6.07 Å². The van der Waals surface area contributed by atoms with Crippen LogP contribution in [0.3, 0.4) is 0 Å². The number of carbonyl (C=O) groups is 2. The van der Waals surface area contributed by atoms with E-state index in [-0.39, 0.29) is 30.0 Å². The molecule has 1 amide bonds. The van der Waals surface area contributed by atoms with Gasteiger partial charge in [-0.05, 0) is 23.8 Å². The summed E-state index contributed by atoms with van der Waals surface area (Å²) in [6, 6.07) is 14.6. The molecule has 8 heteroatoms. The minimum Gasteiger partial charge on any atom is -0.465 e. The Bertz CT molecular complexity index is 881. The van der Waals surface area contributed by atoms with Crippen LogP contribution in [0, 0.1) is 0 Å². The zero-order chi connectivity index (χ0) is 19.2. The predicted molar refractivity (Wildman–Crippen MR) is 95.6 cm³/mol. The van der Waals surface area contributed by atoms with Gasteiger partial charge in [0, 0.05) is 19.5 Å². The van der Waals surface area contributed by atoms with Gasteiger partial charge in [0.25, 0.3) is 0 Å². The summed E-state index contributed by atoms with van der Waals surface area (Å²) in [6.07, 6.45) is -0.108. The van der Waals surface area contributed by atoms with Crippen molar-refractivity contribution in [3.63, 3.8) is 0 Å². The highest BCUT2D eigenvalue weighted by molar-refractivity contribution is 7.89. The van der Waals surface area contributed by atoms with Gasteiger partial charge in [-0.3, -0.25) is 4.79 Å². The summed E-state index contributed by atoms with van der Waals surface area (Å²) >= 11 is 0. The van der Waals surface area contributed by atoms with Crippen LogP contribution in [-0.4, -0.2) is 38.3 Å². The lowest BCUT2D eigenvalue weighted by atomic mass is 10.2. The topological polar surface area (TPSA) is 107 Å². The van der Waals surface area contributed by atoms with E-state index in [9.17, 15) is 18.0 Å². The summed E-state index contributed by atoms with van der Waals surface area (Å²) in [6.45, 7) is 0.0217. The van der Waals surface area contributed by atoms with Crippen LogP contribution in [-0.2, 0) is 26.1 Å². The second-order valence-electron chi connectivity index (χ2n) is 5.56. The third-order valence-electron chi connectivity index (χ3n) is 3.70. The van der Waals surface area contributed by atoms with Crippen molar-refractivity contribution in [2.75, 3.05) is 13.7 Å². The number of sulfonamides is 1. The predicted octanol–water partition coefficient (Wildman–Crippen LogP) is 1.54. The summed E-state index contributed by atoms with van der Waals surface area (Å²) in [5.41, 5.74) is 6.07. The van der Waals surface area contributed by atoms with Gasteiger partial charge in [-0.15, -0.1) is 0 Å². The fourth-order valence-electron chi connectivity index (χ4n) is 2.36. The number of benzene rings is 2. The molecular weight excluding hydrogens is 356 g/mol. The van der Waals surface area contributed by atoms with Crippen LogP contribution in [0.2, 0.25) is 0 Å². The number of nitrogens with zero attached hydrogens (tertiary/aromatic N) is 1. The molecule has 2 aromatic carbocycles. The highest BCUT2D eigenvalue weighted by Crippen LogP contribution is 2.20. The van der Waals surface area contributed by atoms with E-state index >= 15 is 0 Å². The van der Waals surface area contributed by atoms with Gasteiger partial charge in [0.1, 0.15) is 0 Å². The van der Waals surface area contributed by atoms with Crippen molar-refractivity contribution in [3.8, 4) is 0 Å². The molecule has 0 aromatic heterocycles. The van der Waals surface area contributed by atoms with Crippen molar-refractivity contribution in [3.05, 3.63) is 65.7 Å². The second-order valence-corrected chi connectivity index (χ2v) is 7.50. The van der Waals surface area contributed by atoms with Crippen LogP contribution in [0.5, 0.6) is 0 Å². The maximum atomic E-state index is 13.0. The van der Waals surface area contributed by atoms with Gasteiger partial charge in [0.2, 0.25) is 15.9 Å². The quantitative estimate of drug-likeness (QED) is 0.703. The first kappa shape index (κ1) is 19.6. The Balaban J connectivity index is 2.38. The molecule has 0 saturated carbocycles. The first-order valence-electron chi connectivity index (χ1n) is 7.85. The number of primary amides is 1. The Morgan fingerprint density at radius 1 is 1.08 bits per heavy atom. The molecule has 2 N–H and O–H groups in total. The van der Waals surface area contributed by atoms with Crippen molar-refractivity contribution in [1.29, 1.82) is 0 Å². The minimum absolute atomic E-state index is 0.0548. The van der Waals surface area contributed by atoms with E-state index in [0.717, 1.165) is 5.56 Å². The maximum absolute atomic E-state index is 13.0. The Morgan fingerprint density at radius 2 is 1.77 bits per heavy atom. The molecule has 0 fully saturated rings. The third kappa shape index (κ3) is 4.90. The molecule has 0 unspecified atom stereocenters. The van der Waals surface area contributed by atoms with Gasteiger partial charge in [0.15, 0.2) is 0 Å². The van der Waals surface area contributed by atoms with Crippen LogP contribution < -0.4 is 5.73 Å². The highest BCUT2D eigenvalue weighted by Gasteiger charge is 2.26. The van der Waals surface area contributed by atoms with Crippen LogP contribution in [0.15, 0.2) is 59.5 Å². The van der Waals surface area contributed by atoms with E-state index in [1.165, 1.54) is 35.7 Å². The minimum atomic E-state index is -3.94. The Labute approximate surface area is 152 Å². The monoisotopic (exact) mass is 376 g/mol. The number of nitrogens with two attached hydrogens (primary N) is 1. The highest BCUT2D eigenvalue weighted by atomic mass is 32.2. The molecular formula is C18H20N2O5S. The number of rotatable bonds is 8. The first-order valence-corrected chi connectivity index (χ1v) is 9.29. The van der Waals surface area contributed by atoms with Gasteiger partial charge in [0.05, 0.1) is 17.6 Å². The molecule has 2 rings (SSSR count). The normalized spacial score (nSPS) is 11.3. The van der Waals surface area contributed by atoms with E-state index < -0.39 is 21.9 Å². The number of amides is 1. The molecule has 0 aliphatic heterocycles. The van der Waals surface area contributed by atoms with E-state index in [1.54, 1.807) is 24.3 Å². The fourth-order valence-corrected chi connectivity index (χ4v) is 3.83. The summed E-state index contributed by atoms with van der Waals surface area (Å²) in [5, 5.41) is 0. The van der Waals surface area contributed by atoms with E-state index in [4.69, 9.17) is 5.73 Å². The van der Waals surface area contributed by atoms with Crippen molar-refractivity contribution in [2.45, 2.75) is 17.9 Å². The number of esters is 1. The lowest BCUT2D eigenvalue weighted by Crippen LogP contribution is -2.33. The lowest BCUT2D eigenvalue weighted by Gasteiger charge is -2.22. The van der Waals surface area contributed by atoms with Crippen LogP contribution >= 0.6 is 0 Å². The van der Waals surface area contributed by atoms with Crippen molar-refractivity contribution < 1.29 is 22.7 Å². The molecule has 0 bridgehead atoms. The fraction of sp³-hybridized carbons (Fsp3) is 0.222. The molecule has 0 spiro atoms. The lowest BCUT2D eigenvalue weighted by molar-refractivity contribution is -0.118. The molecule has 0 atom stereocenters. The Morgan fingerprint density at radius 3 is 2.38 bits per heavy atom. The summed E-state index contributed by atoms with van der Waals surface area (Å²) in [4.78, 5) is 22.8. The second kappa shape index (κ2) is 8.59. The third-order valence-corrected chi connectivity index (χ3v) is 5.54. The Hall–Kier alpha value is -2.71. The zero-order valence-corrected chi connectivity index (χ0v) is 15.1. The number of hydrogen-bond acceptors (Lipinski definition) is 5. The van der Waals surface area contributed by atoms with E-state index in [0.29, 0.717) is 0 Å². The molecule has 0 heterocycles. The van der Waals surface area contributed by atoms with Crippen molar-refractivity contribution >= 4 is 21.9 Å². The van der Waals surface area contributed by atoms with Gasteiger partial charge in [-0.2, -0.15) is 4.31 Å². The van der Waals surface area contributed by atoms with Gasteiger partial charge < -0.3 is 10.5 Å². The number of hydrogen-bond donors (Lipinski definition) is 1. The first-order chi connectivity index (χ1) is 12.3. The van der Waals surface area contributed by atoms with Crippen molar-refractivity contribution in [2.24, 2.45) is 5.73 Å². The average Bonchev–Trinajstić information content (AvgIpc) is 2.65. The number of ether oxygens (including phenoxy) is 1. The standard InChI is InChI=1S/C18H20N2O5S/c1-25-18(22)15-8-5-9-16(12-15)26(23,24)20(11-10-17(19)21)13-14-6-3-2-4-7-14/h2-9,12H,10-11,13H2,1H3,(H2,19,21). The SMILES string of the molecule is COC(=O)c1cccc(S(=O)(=O)N(CCC(N)=O)Cc2ccccc2)c1. The molecule has 138 valence electrons. The van der Waals surface area contributed by atoms with Crippen LogP contribution in [0.25, 0.3) is 0 Å². The summed E-state index contributed by atoms with van der Waals surface area (Å²) < 4.78 is 31.9. The largest absolute Gasteiger partial charge is 0.465 e. The maximum Gasteiger partial charge on any atom is 0.337 e. The molecule has 0 aliphatic carbocycles. The van der Waals surface area contributed by atoms with Gasteiger partial charge in [-0.1, -0.05) is 36.4 Å². The molecule has 7 nitrogen and oxygen atoms in total. The molecule has 26 heavy (non-hydrogen) atoms. The summed E-state index contributed by atoms with van der Waals surface area (Å²) in [7, 11) is -2.72. The average molecular weight is 376 g/mol. The summed E-state index contributed by atoms with van der Waals surface area (Å²) in [5.74, 6) is -1.23. The zero-order valence-electron chi connectivity index (χ0n) is 14.3. The molecule has 0 radical (unpaired) electrons. The number of methoxy groups -OCH3 is 1. The molecule has 0 saturated heterocycles. The van der Waals surface area contributed by atoms with Crippen LogP contribution in [0.4, 0.5) is 0 Å². The molecule has 2 aromatic rings. The molecule has 0 aliphatic rings.